The molecule has 4 rings (SSSR count). The van der Waals surface area contributed by atoms with Gasteiger partial charge in [-0.25, -0.2) is 4.39 Å². The Morgan fingerprint density at radius 1 is 1.06 bits per heavy atom. The van der Waals surface area contributed by atoms with Crippen molar-refractivity contribution in [3.05, 3.63) is 72.8 Å². The Hall–Kier alpha value is -3.99. The highest BCUT2D eigenvalue weighted by atomic mass is 32.2. The summed E-state index contributed by atoms with van der Waals surface area (Å²) in [5.74, 6) is -0.885. The van der Waals surface area contributed by atoms with Gasteiger partial charge in [-0.15, -0.1) is 10.2 Å². The standard InChI is InChI=1S/C21H18FN7O2S/c22-17-9-5-4-8-16(17)20-26-27-21(29(20)15-6-2-1-3-7-15)32-13-19(31)25-14-10-24-28(11-14)12-18(23)30/h1-11H,12-13H2,(H2,23,30)(H,25,31). The number of halogens is 1. The summed E-state index contributed by atoms with van der Waals surface area (Å²) in [6, 6.07) is 15.6. The Morgan fingerprint density at radius 3 is 2.56 bits per heavy atom. The lowest BCUT2D eigenvalue weighted by molar-refractivity contribution is -0.118. The van der Waals surface area contributed by atoms with E-state index in [4.69, 9.17) is 5.73 Å². The highest BCUT2D eigenvalue weighted by Crippen LogP contribution is 2.29. The summed E-state index contributed by atoms with van der Waals surface area (Å²) in [6.07, 6.45) is 2.93. The molecule has 3 N–H and O–H groups in total. The maximum absolute atomic E-state index is 14.4. The molecule has 0 aliphatic carbocycles. The molecule has 9 nitrogen and oxygen atoms in total. The van der Waals surface area contributed by atoms with Crippen molar-refractivity contribution in [2.24, 2.45) is 5.73 Å². The van der Waals surface area contributed by atoms with Gasteiger partial charge >= 0.3 is 0 Å². The third-order valence-corrected chi connectivity index (χ3v) is 5.26. The van der Waals surface area contributed by atoms with Crippen molar-refractivity contribution < 1.29 is 14.0 Å². The van der Waals surface area contributed by atoms with Crippen LogP contribution in [0.1, 0.15) is 0 Å². The number of thioether (sulfide) groups is 1. The van der Waals surface area contributed by atoms with E-state index in [0.717, 1.165) is 17.4 Å². The number of carbonyl (C=O) groups excluding carboxylic acids is 2. The van der Waals surface area contributed by atoms with E-state index in [1.165, 1.54) is 23.1 Å². The van der Waals surface area contributed by atoms with Gasteiger partial charge in [0.25, 0.3) is 0 Å². The Morgan fingerprint density at radius 2 is 1.81 bits per heavy atom. The molecule has 0 fully saturated rings. The van der Waals surface area contributed by atoms with E-state index in [-0.39, 0.29) is 18.2 Å². The normalized spacial score (nSPS) is 10.8. The van der Waals surface area contributed by atoms with Crippen LogP contribution in [-0.2, 0) is 16.1 Å². The van der Waals surface area contributed by atoms with Crippen LogP contribution in [0.5, 0.6) is 0 Å². The lowest BCUT2D eigenvalue weighted by Crippen LogP contribution is -2.19. The molecule has 2 aromatic heterocycles. The number of hydrogen-bond acceptors (Lipinski definition) is 6. The first-order valence-electron chi connectivity index (χ1n) is 9.50. The van der Waals surface area contributed by atoms with Gasteiger partial charge < -0.3 is 11.1 Å². The van der Waals surface area contributed by atoms with Crippen molar-refractivity contribution in [2.75, 3.05) is 11.1 Å². The minimum atomic E-state index is -0.535. The fourth-order valence-electron chi connectivity index (χ4n) is 2.99. The Labute approximate surface area is 186 Å². The SMILES string of the molecule is NC(=O)Cn1cc(NC(=O)CSc2nnc(-c3ccccc3F)n2-c2ccccc2)cn1. The van der Waals surface area contributed by atoms with E-state index in [1.54, 1.807) is 22.8 Å². The summed E-state index contributed by atoms with van der Waals surface area (Å²) >= 11 is 1.16. The second-order valence-corrected chi connectivity index (χ2v) is 7.63. The minimum absolute atomic E-state index is 0.0310. The van der Waals surface area contributed by atoms with Gasteiger partial charge in [-0.1, -0.05) is 42.1 Å². The molecule has 2 amide bonds. The van der Waals surface area contributed by atoms with Crippen molar-refractivity contribution in [1.29, 1.82) is 0 Å². The summed E-state index contributed by atoms with van der Waals surface area (Å²) < 4.78 is 17.5. The fourth-order valence-corrected chi connectivity index (χ4v) is 3.74. The first-order chi connectivity index (χ1) is 15.5. The quantitative estimate of drug-likeness (QED) is 0.397. The highest BCUT2D eigenvalue weighted by molar-refractivity contribution is 7.99. The van der Waals surface area contributed by atoms with Crippen LogP contribution in [0.15, 0.2) is 72.1 Å². The number of primary amides is 1. The van der Waals surface area contributed by atoms with Crippen LogP contribution >= 0.6 is 11.8 Å². The average molecular weight is 451 g/mol. The van der Waals surface area contributed by atoms with Crippen molar-refractivity contribution in [2.45, 2.75) is 11.7 Å². The van der Waals surface area contributed by atoms with Crippen LogP contribution < -0.4 is 11.1 Å². The number of nitrogens with two attached hydrogens (primary N) is 1. The van der Waals surface area contributed by atoms with Gasteiger partial charge in [0, 0.05) is 11.9 Å². The van der Waals surface area contributed by atoms with Crippen molar-refractivity contribution in [1.82, 2.24) is 24.5 Å². The fraction of sp³-hybridized carbons (Fsp3) is 0.0952. The van der Waals surface area contributed by atoms with Gasteiger partial charge in [-0.3, -0.25) is 18.8 Å². The second-order valence-electron chi connectivity index (χ2n) is 6.69. The molecule has 2 aromatic carbocycles. The van der Waals surface area contributed by atoms with Crippen LogP contribution in [-0.4, -0.2) is 42.1 Å². The molecule has 0 spiro atoms. The number of para-hydroxylation sites is 1. The molecule has 11 heteroatoms. The van der Waals surface area contributed by atoms with Crippen LogP contribution in [0.25, 0.3) is 17.1 Å². The molecular weight excluding hydrogens is 433 g/mol. The van der Waals surface area contributed by atoms with Crippen molar-refractivity contribution in [3.8, 4) is 17.1 Å². The number of carbonyl (C=O) groups is 2. The monoisotopic (exact) mass is 451 g/mol. The van der Waals surface area contributed by atoms with Crippen LogP contribution in [0.3, 0.4) is 0 Å². The van der Waals surface area contributed by atoms with E-state index in [0.29, 0.717) is 22.2 Å². The molecule has 0 saturated heterocycles. The predicted octanol–water partition coefficient (Wildman–Crippen LogP) is 2.49. The number of aromatic nitrogens is 5. The molecule has 162 valence electrons. The molecule has 0 aliphatic rings. The number of benzene rings is 2. The maximum atomic E-state index is 14.4. The number of rotatable bonds is 8. The molecule has 0 radical (unpaired) electrons. The average Bonchev–Trinajstić information content (AvgIpc) is 3.39. The summed E-state index contributed by atoms with van der Waals surface area (Å²) in [6.45, 7) is -0.0797. The van der Waals surface area contributed by atoms with Gasteiger partial charge in [0.15, 0.2) is 11.0 Å². The molecule has 2 heterocycles. The second kappa shape index (κ2) is 9.43. The topological polar surface area (TPSA) is 121 Å². The van der Waals surface area contributed by atoms with E-state index < -0.39 is 11.7 Å². The van der Waals surface area contributed by atoms with Gasteiger partial charge in [-0.05, 0) is 24.3 Å². The van der Waals surface area contributed by atoms with Crippen LogP contribution in [0.4, 0.5) is 10.1 Å². The highest BCUT2D eigenvalue weighted by Gasteiger charge is 2.19. The zero-order valence-corrected chi connectivity index (χ0v) is 17.5. The zero-order valence-electron chi connectivity index (χ0n) is 16.7. The maximum Gasteiger partial charge on any atom is 0.239 e. The molecule has 0 bridgehead atoms. The molecular formula is C21H18FN7O2S. The van der Waals surface area contributed by atoms with E-state index in [9.17, 15) is 14.0 Å². The largest absolute Gasteiger partial charge is 0.368 e. The van der Waals surface area contributed by atoms with Crippen LogP contribution in [0, 0.1) is 5.82 Å². The van der Waals surface area contributed by atoms with Gasteiger partial charge in [0.2, 0.25) is 11.8 Å². The number of amides is 2. The molecule has 0 unspecified atom stereocenters. The number of anilines is 1. The Kier molecular flexibility index (Phi) is 6.26. The molecule has 0 saturated carbocycles. The van der Waals surface area contributed by atoms with Crippen LogP contribution in [0.2, 0.25) is 0 Å². The first kappa shape index (κ1) is 21.2. The minimum Gasteiger partial charge on any atom is -0.368 e. The van der Waals surface area contributed by atoms with E-state index in [2.05, 4.69) is 20.6 Å². The van der Waals surface area contributed by atoms with Crippen molar-refractivity contribution in [3.63, 3.8) is 0 Å². The van der Waals surface area contributed by atoms with Gasteiger partial charge in [0.1, 0.15) is 12.4 Å². The Bertz CT molecular complexity index is 1260. The molecule has 32 heavy (non-hydrogen) atoms. The molecule has 0 atom stereocenters. The summed E-state index contributed by atoms with van der Waals surface area (Å²) in [5, 5.41) is 15.5. The predicted molar refractivity (Wildman–Crippen MR) is 118 cm³/mol. The molecule has 0 aliphatic heterocycles. The third-order valence-electron chi connectivity index (χ3n) is 4.33. The van der Waals surface area contributed by atoms with Crippen molar-refractivity contribution >= 4 is 29.3 Å². The number of hydrogen-bond donors (Lipinski definition) is 2. The first-order valence-corrected chi connectivity index (χ1v) is 10.5. The Balaban J connectivity index is 1.54. The van der Waals surface area contributed by atoms with E-state index >= 15 is 0 Å². The number of nitrogens with zero attached hydrogens (tertiary/aromatic N) is 5. The lowest BCUT2D eigenvalue weighted by atomic mass is 10.2. The smallest absolute Gasteiger partial charge is 0.239 e. The molecule has 4 aromatic rings. The summed E-state index contributed by atoms with van der Waals surface area (Å²) in [4.78, 5) is 23.4. The van der Waals surface area contributed by atoms with Gasteiger partial charge in [-0.2, -0.15) is 5.10 Å². The summed E-state index contributed by atoms with van der Waals surface area (Å²) in [5.41, 5.74) is 6.62. The third kappa shape index (κ3) is 4.83. The lowest BCUT2D eigenvalue weighted by Gasteiger charge is -2.10. The number of nitrogens with one attached hydrogen (secondary N) is 1. The van der Waals surface area contributed by atoms with Gasteiger partial charge in [0.05, 0.1) is 23.2 Å². The van der Waals surface area contributed by atoms with E-state index in [1.807, 2.05) is 30.3 Å². The zero-order chi connectivity index (χ0) is 22.5. The summed E-state index contributed by atoms with van der Waals surface area (Å²) in [7, 11) is 0.